The summed E-state index contributed by atoms with van der Waals surface area (Å²) < 4.78 is 0.810. The zero-order valence-corrected chi connectivity index (χ0v) is 8.60. The summed E-state index contributed by atoms with van der Waals surface area (Å²) in [7, 11) is 2.18. The highest BCUT2D eigenvalue weighted by Crippen LogP contribution is 2.29. The van der Waals surface area contributed by atoms with E-state index >= 15 is 0 Å². The summed E-state index contributed by atoms with van der Waals surface area (Å²) in [4.78, 5) is 5.48. The Labute approximate surface area is 83.6 Å². The predicted octanol–water partition coefficient (Wildman–Crippen LogP) is 2.51. The number of nitrogens with zero attached hydrogens (tertiary/aromatic N) is 1. The Morgan fingerprint density at radius 2 is 2.38 bits per heavy atom. The molecule has 2 rings (SSSR count). The third-order valence-electron chi connectivity index (χ3n) is 2.71. The molecular formula is C10H14N2S. The molecule has 13 heavy (non-hydrogen) atoms. The van der Waals surface area contributed by atoms with Crippen molar-refractivity contribution in [2.75, 3.05) is 13.6 Å². The number of rotatable bonds is 1. The monoisotopic (exact) mass is 194 g/mol. The van der Waals surface area contributed by atoms with Crippen LogP contribution in [0.1, 0.15) is 24.4 Å². The van der Waals surface area contributed by atoms with Crippen LogP contribution in [-0.4, -0.2) is 23.5 Å². The van der Waals surface area contributed by atoms with Crippen LogP contribution in [0, 0.1) is 4.64 Å². The number of hydrogen-bond donors (Lipinski definition) is 1. The van der Waals surface area contributed by atoms with Crippen LogP contribution < -0.4 is 0 Å². The third-order valence-corrected chi connectivity index (χ3v) is 2.97. The van der Waals surface area contributed by atoms with Gasteiger partial charge in [-0.15, -0.1) is 0 Å². The van der Waals surface area contributed by atoms with Gasteiger partial charge in [-0.1, -0.05) is 18.3 Å². The molecule has 1 N–H and O–H groups in total. The largest absolute Gasteiger partial charge is 0.353 e. The molecule has 0 aromatic carbocycles. The van der Waals surface area contributed by atoms with Gasteiger partial charge < -0.3 is 4.98 Å². The summed E-state index contributed by atoms with van der Waals surface area (Å²) in [5.74, 6) is 0. The van der Waals surface area contributed by atoms with E-state index in [1.165, 1.54) is 24.9 Å². The molecule has 0 bridgehead atoms. The van der Waals surface area contributed by atoms with Crippen LogP contribution in [0.2, 0.25) is 0 Å². The Hall–Kier alpha value is -0.670. The summed E-state index contributed by atoms with van der Waals surface area (Å²) in [6, 6.07) is 4.69. The average Bonchev–Trinajstić information content (AvgIpc) is 2.53. The second-order valence-electron chi connectivity index (χ2n) is 3.62. The molecule has 1 aliphatic heterocycles. The minimum absolute atomic E-state index is 0.590. The van der Waals surface area contributed by atoms with Crippen LogP contribution in [0.5, 0.6) is 0 Å². The van der Waals surface area contributed by atoms with Gasteiger partial charge in [-0.05, 0) is 38.1 Å². The number of aromatic amines is 1. The van der Waals surface area contributed by atoms with Crippen LogP contribution in [0.15, 0.2) is 18.3 Å². The quantitative estimate of drug-likeness (QED) is 0.693. The molecule has 1 saturated heterocycles. The van der Waals surface area contributed by atoms with Crippen LogP contribution in [0.4, 0.5) is 0 Å². The average molecular weight is 194 g/mol. The van der Waals surface area contributed by atoms with Gasteiger partial charge in [0.15, 0.2) is 0 Å². The maximum Gasteiger partial charge on any atom is 0.103 e. The molecule has 0 spiro atoms. The van der Waals surface area contributed by atoms with E-state index in [1.807, 2.05) is 12.3 Å². The van der Waals surface area contributed by atoms with Crippen molar-refractivity contribution in [1.82, 2.24) is 9.88 Å². The molecule has 1 atom stereocenters. The van der Waals surface area contributed by atoms with Gasteiger partial charge in [0.25, 0.3) is 0 Å². The van der Waals surface area contributed by atoms with Crippen molar-refractivity contribution in [1.29, 1.82) is 0 Å². The first-order valence-electron chi connectivity index (χ1n) is 4.66. The Balaban J connectivity index is 2.25. The van der Waals surface area contributed by atoms with Crippen molar-refractivity contribution in [3.8, 4) is 0 Å². The SMILES string of the molecule is CN1CCCC1c1ccc(=S)[nH]c1. The Morgan fingerprint density at radius 1 is 1.54 bits per heavy atom. The molecule has 0 saturated carbocycles. The number of hydrogen-bond acceptors (Lipinski definition) is 2. The number of pyridine rings is 1. The normalized spacial score (nSPS) is 23.6. The van der Waals surface area contributed by atoms with E-state index in [-0.39, 0.29) is 0 Å². The van der Waals surface area contributed by atoms with E-state index in [1.54, 1.807) is 0 Å². The first-order valence-corrected chi connectivity index (χ1v) is 5.07. The van der Waals surface area contributed by atoms with Crippen LogP contribution in [0.25, 0.3) is 0 Å². The van der Waals surface area contributed by atoms with E-state index < -0.39 is 0 Å². The van der Waals surface area contributed by atoms with Gasteiger partial charge in [-0.2, -0.15) is 0 Å². The first kappa shape index (κ1) is 8.91. The fourth-order valence-corrected chi connectivity index (χ4v) is 2.09. The van der Waals surface area contributed by atoms with Crippen molar-refractivity contribution < 1.29 is 0 Å². The lowest BCUT2D eigenvalue weighted by atomic mass is 10.1. The van der Waals surface area contributed by atoms with Gasteiger partial charge in [-0.25, -0.2) is 0 Å². The molecule has 1 aliphatic rings. The number of H-pyrrole nitrogens is 1. The topological polar surface area (TPSA) is 19.0 Å². The summed E-state index contributed by atoms with van der Waals surface area (Å²) in [5, 5.41) is 0. The van der Waals surface area contributed by atoms with Crippen molar-refractivity contribution in [2.24, 2.45) is 0 Å². The lowest BCUT2D eigenvalue weighted by Crippen LogP contribution is -2.17. The fraction of sp³-hybridized carbons (Fsp3) is 0.500. The summed E-state index contributed by atoms with van der Waals surface area (Å²) in [6.07, 6.45) is 4.60. The third kappa shape index (κ3) is 1.81. The lowest BCUT2D eigenvalue weighted by Gasteiger charge is -2.19. The second kappa shape index (κ2) is 3.60. The van der Waals surface area contributed by atoms with Crippen LogP contribution in [0.3, 0.4) is 0 Å². The standard InChI is InChI=1S/C10H14N2S/c1-12-6-2-3-9(12)8-4-5-10(13)11-7-8/h4-5,7,9H,2-3,6H2,1H3,(H,11,13). The maximum atomic E-state index is 5.01. The predicted molar refractivity (Wildman–Crippen MR) is 56.2 cm³/mol. The Morgan fingerprint density at radius 3 is 2.92 bits per heavy atom. The molecule has 1 aromatic heterocycles. The van der Waals surface area contributed by atoms with Gasteiger partial charge in [0, 0.05) is 12.2 Å². The molecule has 0 amide bonds. The van der Waals surface area contributed by atoms with Crippen molar-refractivity contribution >= 4 is 12.2 Å². The molecule has 0 aliphatic carbocycles. The highest BCUT2D eigenvalue weighted by atomic mass is 32.1. The van der Waals surface area contributed by atoms with Crippen molar-refractivity contribution in [3.05, 3.63) is 28.5 Å². The van der Waals surface area contributed by atoms with E-state index in [9.17, 15) is 0 Å². The molecular weight excluding hydrogens is 180 g/mol. The zero-order valence-electron chi connectivity index (χ0n) is 7.79. The molecule has 1 unspecified atom stereocenters. The fourth-order valence-electron chi connectivity index (χ4n) is 1.96. The van der Waals surface area contributed by atoms with E-state index in [4.69, 9.17) is 12.2 Å². The van der Waals surface area contributed by atoms with Gasteiger partial charge in [0.2, 0.25) is 0 Å². The number of aromatic nitrogens is 1. The smallest absolute Gasteiger partial charge is 0.103 e. The van der Waals surface area contributed by atoms with Crippen molar-refractivity contribution in [3.63, 3.8) is 0 Å². The van der Waals surface area contributed by atoms with Gasteiger partial charge in [0.1, 0.15) is 4.64 Å². The van der Waals surface area contributed by atoms with E-state index in [2.05, 4.69) is 23.0 Å². The zero-order chi connectivity index (χ0) is 9.26. The minimum Gasteiger partial charge on any atom is -0.353 e. The first-order chi connectivity index (χ1) is 6.27. The van der Waals surface area contributed by atoms with E-state index in [0.717, 1.165) is 4.64 Å². The summed E-state index contributed by atoms with van der Waals surface area (Å²) in [6.45, 7) is 1.21. The minimum atomic E-state index is 0.590. The lowest BCUT2D eigenvalue weighted by molar-refractivity contribution is 0.317. The number of likely N-dealkylation sites (tertiary alicyclic amines) is 1. The molecule has 3 heteroatoms. The highest BCUT2D eigenvalue weighted by molar-refractivity contribution is 7.71. The molecule has 2 nitrogen and oxygen atoms in total. The van der Waals surface area contributed by atoms with Crippen molar-refractivity contribution in [2.45, 2.75) is 18.9 Å². The van der Waals surface area contributed by atoms with Gasteiger partial charge >= 0.3 is 0 Å². The van der Waals surface area contributed by atoms with Crippen LogP contribution in [-0.2, 0) is 0 Å². The summed E-state index contributed by atoms with van der Waals surface area (Å²) >= 11 is 5.01. The highest BCUT2D eigenvalue weighted by Gasteiger charge is 2.21. The van der Waals surface area contributed by atoms with E-state index in [0.29, 0.717) is 6.04 Å². The maximum absolute atomic E-state index is 5.01. The number of nitrogens with one attached hydrogen (secondary N) is 1. The Bertz CT molecular complexity index is 325. The van der Waals surface area contributed by atoms with Gasteiger partial charge in [0.05, 0.1) is 0 Å². The molecule has 2 heterocycles. The molecule has 1 aromatic rings. The molecule has 0 radical (unpaired) electrons. The molecule has 70 valence electrons. The Kier molecular flexibility index (Phi) is 2.47. The summed E-state index contributed by atoms with van der Waals surface area (Å²) in [5.41, 5.74) is 1.36. The van der Waals surface area contributed by atoms with Gasteiger partial charge in [-0.3, -0.25) is 4.90 Å². The van der Waals surface area contributed by atoms with Crippen LogP contribution >= 0.6 is 12.2 Å². The molecule has 1 fully saturated rings. The second-order valence-corrected chi connectivity index (χ2v) is 4.06.